The summed E-state index contributed by atoms with van der Waals surface area (Å²) in [5.41, 5.74) is 1.92. The molecule has 0 N–H and O–H groups in total. The van der Waals surface area contributed by atoms with Crippen LogP contribution in [0.4, 0.5) is 0 Å². The van der Waals surface area contributed by atoms with Gasteiger partial charge in [0.15, 0.2) is 5.78 Å². The summed E-state index contributed by atoms with van der Waals surface area (Å²) in [6.45, 7) is 1.08. The third-order valence-corrected chi connectivity index (χ3v) is 5.63. The first-order valence-corrected chi connectivity index (χ1v) is 9.86. The highest BCUT2D eigenvalue weighted by Gasteiger charge is 2.30. The Morgan fingerprint density at radius 2 is 1.85 bits per heavy atom. The average molecular weight is 377 g/mol. The molecule has 1 aliphatic heterocycles. The van der Waals surface area contributed by atoms with Crippen molar-refractivity contribution in [1.29, 1.82) is 0 Å². The lowest BCUT2D eigenvalue weighted by Crippen LogP contribution is -2.42. The van der Waals surface area contributed by atoms with Gasteiger partial charge in [-0.2, -0.15) is 0 Å². The molecule has 3 aromatic rings. The van der Waals surface area contributed by atoms with Gasteiger partial charge in [0.2, 0.25) is 0 Å². The summed E-state index contributed by atoms with van der Waals surface area (Å²) in [4.78, 5) is 36.0. The van der Waals surface area contributed by atoms with Gasteiger partial charge in [-0.25, -0.2) is 4.98 Å². The predicted molar refractivity (Wildman–Crippen MR) is 105 cm³/mol. The molecule has 5 nitrogen and oxygen atoms in total. The minimum Gasteiger partial charge on any atom is -0.337 e. The molecule has 1 fully saturated rings. The van der Waals surface area contributed by atoms with Crippen molar-refractivity contribution in [2.24, 2.45) is 5.92 Å². The maximum absolute atomic E-state index is 12.9. The molecule has 27 heavy (non-hydrogen) atoms. The second-order valence-electron chi connectivity index (χ2n) is 6.57. The van der Waals surface area contributed by atoms with E-state index in [-0.39, 0.29) is 17.6 Å². The third-order valence-electron chi connectivity index (χ3n) is 4.74. The number of ketones is 1. The van der Waals surface area contributed by atoms with Crippen molar-refractivity contribution in [1.82, 2.24) is 14.9 Å². The Morgan fingerprint density at radius 1 is 1.04 bits per heavy atom. The van der Waals surface area contributed by atoms with Crippen LogP contribution < -0.4 is 0 Å². The molecule has 1 saturated heterocycles. The first-order valence-electron chi connectivity index (χ1n) is 8.98. The fourth-order valence-corrected chi connectivity index (χ4v) is 4.14. The first-order chi connectivity index (χ1) is 13.2. The van der Waals surface area contributed by atoms with Crippen molar-refractivity contribution in [3.05, 3.63) is 71.5 Å². The van der Waals surface area contributed by atoms with Gasteiger partial charge in [-0.05, 0) is 25.0 Å². The predicted octanol–water partition coefficient (Wildman–Crippen LogP) is 3.94. The van der Waals surface area contributed by atoms with Crippen LogP contribution in [0.25, 0.3) is 10.6 Å². The molecule has 0 spiro atoms. The van der Waals surface area contributed by atoms with Gasteiger partial charge in [-0.15, -0.1) is 11.3 Å². The zero-order valence-electron chi connectivity index (χ0n) is 14.7. The number of nitrogens with zero attached hydrogens (tertiary/aromatic N) is 3. The van der Waals surface area contributed by atoms with Gasteiger partial charge in [0.25, 0.3) is 5.91 Å². The van der Waals surface area contributed by atoms with Crippen LogP contribution in [0, 0.1) is 5.92 Å². The van der Waals surface area contributed by atoms with Gasteiger partial charge in [-0.1, -0.05) is 36.4 Å². The van der Waals surface area contributed by atoms with Crippen LogP contribution in [0.15, 0.2) is 60.1 Å². The number of piperidine rings is 1. The lowest BCUT2D eigenvalue weighted by Gasteiger charge is -2.31. The summed E-state index contributed by atoms with van der Waals surface area (Å²) in [7, 11) is 0. The molecule has 136 valence electrons. The minimum absolute atomic E-state index is 0.0105. The molecule has 1 amide bonds. The van der Waals surface area contributed by atoms with Gasteiger partial charge in [0.05, 0.1) is 0 Å². The Kier molecular flexibility index (Phi) is 5.07. The molecule has 3 heterocycles. The highest BCUT2D eigenvalue weighted by atomic mass is 32.1. The first kappa shape index (κ1) is 17.5. The zero-order chi connectivity index (χ0) is 18.6. The van der Waals surface area contributed by atoms with Crippen LogP contribution in [0.5, 0.6) is 0 Å². The number of thiazole rings is 1. The number of benzene rings is 1. The molecule has 0 saturated carbocycles. The van der Waals surface area contributed by atoms with E-state index in [0.29, 0.717) is 24.5 Å². The number of hydrogen-bond acceptors (Lipinski definition) is 5. The van der Waals surface area contributed by atoms with Gasteiger partial charge in [0, 0.05) is 36.1 Å². The summed E-state index contributed by atoms with van der Waals surface area (Å²) in [6.07, 6.45) is 3.22. The van der Waals surface area contributed by atoms with Crippen molar-refractivity contribution in [3.8, 4) is 10.6 Å². The molecule has 1 unspecified atom stereocenters. The fourth-order valence-electron chi connectivity index (χ4n) is 3.34. The average Bonchev–Trinajstić information content (AvgIpc) is 3.24. The van der Waals surface area contributed by atoms with Crippen molar-refractivity contribution in [2.75, 3.05) is 13.1 Å². The van der Waals surface area contributed by atoms with Gasteiger partial charge in [-0.3, -0.25) is 14.6 Å². The van der Waals surface area contributed by atoms with Crippen LogP contribution in [-0.4, -0.2) is 39.6 Å². The molecule has 4 rings (SSSR count). The molecule has 0 bridgehead atoms. The van der Waals surface area contributed by atoms with E-state index in [0.717, 1.165) is 23.4 Å². The lowest BCUT2D eigenvalue weighted by atomic mass is 9.92. The van der Waals surface area contributed by atoms with Gasteiger partial charge in [0.1, 0.15) is 16.4 Å². The number of likely N-dealkylation sites (tertiary alicyclic amines) is 1. The van der Waals surface area contributed by atoms with Crippen LogP contribution in [0.1, 0.15) is 33.8 Å². The number of pyridine rings is 1. The molecule has 0 radical (unpaired) electrons. The number of Topliss-reactive ketones (excluding diaryl/α,β-unsaturated/α-hetero) is 1. The summed E-state index contributed by atoms with van der Waals surface area (Å²) >= 11 is 1.46. The highest BCUT2D eigenvalue weighted by Crippen LogP contribution is 2.26. The van der Waals surface area contributed by atoms with Crippen molar-refractivity contribution < 1.29 is 9.59 Å². The summed E-state index contributed by atoms with van der Waals surface area (Å²) in [5, 5.41) is 2.63. The van der Waals surface area contributed by atoms with E-state index < -0.39 is 0 Å². The number of hydrogen-bond donors (Lipinski definition) is 0. The largest absolute Gasteiger partial charge is 0.337 e. The summed E-state index contributed by atoms with van der Waals surface area (Å²) in [5.74, 6) is -0.298. The molecule has 2 aromatic heterocycles. The molecule has 1 aromatic carbocycles. The van der Waals surface area contributed by atoms with Crippen molar-refractivity contribution in [2.45, 2.75) is 12.8 Å². The highest BCUT2D eigenvalue weighted by molar-refractivity contribution is 7.13. The van der Waals surface area contributed by atoms with Crippen LogP contribution in [-0.2, 0) is 0 Å². The molecular formula is C21H19N3O2S. The molecule has 0 aliphatic carbocycles. The van der Waals surface area contributed by atoms with E-state index in [9.17, 15) is 9.59 Å². The monoisotopic (exact) mass is 377 g/mol. The van der Waals surface area contributed by atoms with E-state index in [1.165, 1.54) is 11.3 Å². The Morgan fingerprint density at radius 3 is 2.63 bits per heavy atom. The zero-order valence-corrected chi connectivity index (χ0v) is 15.6. The van der Waals surface area contributed by atoms with Crippen molar-refractivity contribution in [3.63, 3.8) is 0 Å². The van der Waals surface area contributed by atoms with E-state index >= 15 is 0 Å². The lowest BCUT2D eigenvalue weighted by molar-refractivity contribution is 0.0631. The number of aromatic nitrogens is 2. The van der Waals surface area contributed by atoms with Crippen LogP contribution >= 0.6 is 11.3 Å². The number of amides is 1. The number of rotatable bonds is 4. The second-order valence-corrected chi connectivity index (χ2v) is 7.43. The Hall–Kier alpha value is -2.86. The molecule has 1 aliphatic rings. The van der Waals surface area contributed by atoms with Crippen LogP contribution in [0.2, 0.25) is 0 Å². The van der Waals surface area contributed by atoms with Gasteiger partial charge >= 0.3 is 0 Å². The Labute approximate surface area is 161 Å². The van der Waals surface area contributed by atoms with E-state index in [1.54, 1.807) is 28.6 Å². The standard InChI is InChI=1S/C21H19N3O2S/c25-19(17-10-4-5-11-22-17)16-9-6-12-24(13-16)21(26)18-14-27-20(23-18)15-7-2-1-3-8-15/h1-5,7-8,10-11,14,16H,6,9,12-13H2. The summed E-state index contributed by atoms with van der Waals surface area (Å²) < 4.78 is 0. The Balaban J connectivity index is 1.48. The van der Waals surface area contributed by atoms with Crippen LogP contribution in [0.3, 0.4) is 0 Å². The molecule has 6 heteroatoms. The maximum atomic E-state index is 12.9. The fraction of sp³-hybridized carbons (Fsp3) is 0.238. The molecule has 1 atom stereocenters. The maximum Gasteiger partial charge on any atom is 0.273 e. The quantitative estimate of drug-likeness (QED) is 0.646. The SMILES string of the molecule is O=C(c1ccccn1)C1CCCN(C(=O)c2csc(-c3ccccc3)n2)C1. The third kappa shape index (κ3) is 3.80. The topological polar surface area (TPSA) is 63.2 Å². The minimum atomic E-state index is -0.204. The second kappa shape index (κ2) is 7.80. The van der Waals surface area contributed by atoms with E-state index in [2.05, 4.69) is 9.97 Å². The van der Waals surface area contributed by atoms with E-state index in [1.807, 2.05) is 36.4 Å². The van der Waals surface area contributed by atoms with Gasteiger partial charge < -0.3 is 4.90 Å². The number of carbonyl (C=O) groups excluding carboxylic acids is 2. The van der Waals surface area contributed by atoms with E-state index in [4.69, 9.17) is 0 Å². The Bertz CT molecular complexity index is 940. The molecular weight excluding hydrogens is 358 g/mol. The normalized spacial score (nSPS) is 16.9. The smallest absolute Gasteiger partial charge is 0.273 e. The van der Waals surface area contributed by atoms with Crippen molar-refractivity contribution >= 4 is 23.0 Å². The number of carbonyl (C=O) groups is 2. The summed E-state index contributed by atoms with van der Waals surface area (Å²) in [6, 6.07) is 15.2.